The SMILES string of the molecule is CCOc1ccc(NC(=O)CSc2nnc(-c3ccccc3)c(-c3ccccc3)n2)c([N+](=O)[O-])c1. The molecule has 0 aliphatic heterocycles. The average molecular weight is 488 g/mol. The highest BCUT2D eigenvalue weighted by Crippen LogP contribution is 2.31. The van der Waals surface area contributed by atoms with Crippen LogP contribution in [0.25, 0.3) is 22.5 Å². The molecule has 0 radical (unpaired) electrons. The van der Waals surface area contributed by atoms with Crippen molar-refractivity contribution in [2.45, 2.75) is 12.1 Å². The lowest BCUT2D eigenvalue weighted by molar-refractivity contribution is -0.384. The molecule has 0 bridgehead atoms. The maximum absolute atomic E-state index is 12.6. The molecular formula is C25H21N5O4S. The third kappa shape index (κ3) is 5.98. The summed E-state index contributed by atoms with van der Waals surface area (Å²) in [4.78, 5) is 28.1. The highest BCUT2D eigenvalue weighted by Gasteiger charge is 2.19. The summed E-state index contributed by atoms with van der Waals surface area (Å²) in [6.45, 7) is 2.16. The first-order valence-corrected chi connectivity index (χ1v) is 11.7. The van der Waals surface area contributed by atoms with Crippen molar-refractivity contribution in [3.05, 3.63) is 89.0 Å². The van der Waals surface area contributed by atoms with E-state index in [-0.39, 0.29) is 17.1 Å². The van der Waals surface area contributed by atoms with Crippen LogP contribution in [0.3, 0.4) is 0 Å². The number of carbonyl (C=O) groups excluding carboxylic acids is 1. The Kier molecular flexibility index (Phi) is 7.63. The number of nitro benzene ring substituents is 1. The molecule has 1 aromatic heterocycles. The van der Waals surface area contributed by atoms with Crippen LogP contribution in [0.15, 0.2) is 84.0 Å². The minimum absolute atomic E-state index is 0.0506. The van der Waals surface area contributed by atoms with Crippen LogP contribution in [0, 0.1) is 10.1 Å². The molecule has 0 aliphatic rings. The number of carbonyl (C=O) groups is 1. The summed E-state index contributed by atoms with van der Waals surface area (Å²) in [7, 11) is 0. The number of hydrogen-bond acceptors (Lipinski definition) is 8. The molecule has 0 saturated heterocycles. The quantitative estimate of drug-likeness (QED) is 0.193. The first-order valence-electron chi connectivity index (χ1n) is 10.7. The van der Waals surface area contributed by atoms with E-state index in [4.69, 9.17) is 4.74 Å². The van der Waals surface area contributed by atoms with Gasteiger partial charge in [-0.05, 0) is 19.1 Å². The molecule has 0 unspecified atom stereocenters. The lowest BCUT2D eigenvalue weighted by Crippen LogP contribution is -2.15. The van der Waals surface area contributed by atoms with Crippen LogP contribution in [-0.4, -0.2) is 38.4 Å². The van der Waals surface area contributed by atoms with Gasteiger partial charge in [-0.3, -0.25) is 14.9 Å². The number of benzene rings is 3. The normalized spacial score (nSPS) is 10.5. The zero-order valence-corrected chi connectivity index (χ0v) is 19.6. The van der Waals surface area contributed by atoms with E-state index in [0.29, 0.717) is 28.9 Å². The fourth-order valence-electron chi connectivity index (χ4n) is 3.30. The second kappa shape index (κ2) is 11.2. The lowest BCUT2D eigenvalue weighted by Gasteiger charge is -2.10. The summed E-state index contributed by atoms with van der Waals surface area (Å²) in [6.07, 6.45) is 0. The number of aromatic nitrogens is 3. The summed E-state index contributed by atoms with van der Waals surface area (Å²) in [5, 5.41) is 22.9. The second-order valence-electron chi connectivity index (χ2n) is 7.23. The van der Waals surface area contributed by atoms with Gasteiger partial charge in [0.2, 0.25) is 11.1 Å². The Labute approximate surface area is 205 Å². The summed E-state index contributed by atoms with van der Waals surface area (Å²) < 4.78 is 5.31. The molecule has 9 nitrogen and oxygen atoms in total. The van der Waals surface area contributed by atoms with Crippen molar-refractivity contribution in [2.24, 2.45) is 0 Å². The molecule has 1 amide bonds. The van der Waals surface area contributed by atoms with Crippen molar-refractivity contribution in [3.63, 3.8) is 0 Å². The Bertz CT molecular complexity index is 1340. The number of hydrogen-bond donors (Lipinski definition) is 1. The van der Waals surface area contributed by atoms with Crippen molar-refractivity contribution in [1.29, 1.82) is 0 Å². The molecule has 4 aromatic rings. The standard InChI is InChI=1S/C25H21N5O4S/c1-2-34-19-13-14-20(21(15-19)30(32)33)26-22(31)16-35-25-27-23(17-9-5-3-6-10-17)24(28-29-25)18-11-7-4-8-12-18/h3-15H,2,16H2,1H3,(H,26,31). The van der Waals surface area contributed by atoms with Gasteiger partial charge in [0.1, 0.15) is 22.8 Å². The van der Waals surface area contributed by atoms with Gasteiger partial charge in [0.15, 0.2) is 0 Å². The van der Waals surface area contributed by atoms with E-state index < -0.39 is 10.8 Å². The molecule has 3 aromatic carbocycles. The Morgan fingerprint density at radius 1 is 0.971 bits per heavy atom. The lowest BCUT2D eigenvalue weighted by atomic mass is 10.0. The van der Waals surface area contributed by atoms with Crippen molar-refractivity contribution in [1.82, 2.24) is 15.2 Å². The predicted molar refractivity (Wildman–Crippen MR) is 134 cm³/mol. The Balaban J connectivity index is 1.52. The summed E-state index contributed by atoms with van der Waals surface area (Å²) in [5.41, 5.74) is 2.88. The van der Waals surface area contributed by atoms with Gasteiger partial charge in [-0.2, -0.15) is 0 Å². The van der Waals surface area contributed by atoms with Crippen molar-refractivity contribution in [2.75, 3.05) is 17.7 Å². The monoisotopic (exact) mass is 487 g/mol. The number of nitrogens with zero attached hydrogens (tertiary/aromatic N) is 4. The van der Waals surface area contributed by atoms with E-state index in [2.05, 4.69) is 20.5 Å². The van der Waals surface area contributed by atoms with E-state index in [1.54, 1.807) is 13.0 Å². The number of amides is 1. The van der Waals surface area contributed by atoms with Gasteiger partial charge < -0.3 is 10.1 Å². The summed E-state index contributed by atoms with van der Waals surface area (Å²) >= 11 is 1.09. The number of nitro groups is 1. The summed E-state index contributed by atoms with van der Waals surface area (Å²) in [5.74, 6) is -0.123. The van der Waals surface area contributed by atoms with E-state index in [1.807, 2.05) is 60.7 Å². The molecule has 0 atom stereocenters. The van der Waals surface area contributed by atoms with Gasteiger partial charge in [-0.15, -0.1) is 10.2 Å². The van der Waals surface area contributed by atoms with Crippen LogP contribution in [0.2, 0.25) is 0 Å². The zero-order chi connectivity index (χ0) is 24.6. The first-order chi connectivity index (χ1) is 17.0. The molecule has 1 heterocycles. The van der Waals surface area contributed by atoms with E-state index in [0.717, 1.165) is 22.9 Å². The van der Waals surface area contributed by atoms with Crippen molar-refractivity contribution >= 4 is 29.0 Å². The fraction of sp³-hybridized carbons (Fsp3) is 0.120. The van der Waals surface area contributed by atoms with E-state index in [1.165, 1.54) is 12.1 Å². The van der Waals surface area contributed by atoms with Crippen molar-refractivity contribution in [3.8, 4) is 28.3 Å². The highest BCUT2D eigenvalue weighted by molar-refractivity contribution is 7.99. The minimum atomic E-state index is -0.563. The molecule has 4 rings (SSSR count). The zero-order valence-electron chi connectivity index (χ0n) is 18.7. The molecule has 35 heavy (non-hydrogen) atoms. The van der Waals surface area contributed by atoms with Crippen LogP contribution < -0.4 is 10.1 Å². The van der Waals surface area contributed by atoms with Crippen LogP contribution >= 0.6 is 11.8 Å². The molecule has 0 spiro atoms. The van der Waals surface area contributed by atoms with Crippen LogP contribution in [0.4, 0.5) is 11.4 Å². The van der Waals surface area contributed by atoms with E-state index >= 15 is 0 Å². The van der Waals surface area contributed by atoms with Gasteiger partial charge in [-0.1, -0.05) is 72.4 Å². The Morgan fingerprint density at radius 2 is 1.63 bits per heavy atom. The van der Waals surface area contributed by atoms with Crippen molar-refractivity contribution < 1.29 is 14.5 Å². The number of anilines is 1. The molecule has 0 aliphatic carbocycles. The van der Waals surface area contributed by atoms with Gasteiger partial charge in [-0.25, -0.2) is 4.98 Å². The molecular weight excluding hydrogens is 466 g/mol. The molecule has 1 N–H and O–H groups in total. The number of nitrogens with one attached hydrogen (secondary N) is 1. The van der Waals surface area contributed by atoms with Crippen LogP contribution in [0.5, 0.6) is 5.75 Å². The maximum atomic E-state index is 12.6. The first kappa shape index (κ1) is 23.8. The molecule has 0 saturated carbocycles. The Hall–Kier alpha value is -4.31. The number of rotatable bonds is 9. The van der Waals surface area contributed by atoms with E-state index in [9.17, 15) is 14.9 Å². The minimum Gasteiger partial charge on any atom is -0.494 e. The fourth-order valence-corrected chi connectivity index (χ4v) is 3.89. The Morgan fingerprint density at radius 3 is 2.26 bits per heavy atom. The topological polar surface area (TPSA) is 120 Å². The molecule has 0 fully saturated rings. The third-order valence-corrected chi connectivity index (χ3v) is 5.68. The van der Waals surface area contributed by atoms with Crippen LogP contribution in [-0.2, 0) is 4.79 Å². The average Bonchev–Trinajstić information content (AvgIpc) is 2.89. The third-order valence-electron chi connectivity index (χ3n) is 4.85. The highest BCUT2D eigenvalue weighted by atomic mass is 32.2. The molecule has 10 heteroatoms. The maximum Gasteiger partial charge on any atom is 0.296 e. The largest absolute Gasteiger partial charge is 0.494 e. The number of thioether (sulfide) groups is 1. The smallest absolute Gasteiger partial charge is 0.296 e. The molecule has 176 valence electrons. The van der Waals surface area contributed by atoms with Gasteiger partial charge in [0.05, 0.1) is 23.3 Å². The predicted octanol–water partition coefficient (Wildman–Crippen LogP) is 5.24. The van der Waals surface area contributed by atoms with Gasteiger partial charge >= 0.3 is 0 Å². The number of ether oxygens (including phenoxy) is 1. The van der Waals surface area contributed by atoms with Crippen LogP contribution in [0.1, 0.15) is 6.92 Å². The van der Waals surface area contributed by atoms with Gasteiger partial charge in [0.25, 0.3) is 5.69 Å². The van der Waals surface area contributed by atoms with Gasteiger partial charge in [0, 0.05) is 11.1 Å². The summed E-state index contributed by atoms with van der Waals surface area (Å²) in [6, 6.07) is 23.5. The second-order valence-corrected chi connectivity index (χ2v) is 8.17.